The van der Waals surface area contributed by atoms with Crippen LogP contribution in [0.2, 0.25) is 0 Å². The molecule has 54 heavy (non-hydrogen) atoms. The van der Waals surface area contributed by atoms with Crippen molar-refractivity contribution in [3.63, 3.8) is 0 Å². The molecule has 3 unspecified atom stereocenters. The number of aliphatic hydroxyl groups is 3. The zero-order valence-corrected chi connectivity index (χ0v) is 33.9. The maximum absolute atomic E-state index is 13.1. The molecule has 9 heteroatoms. The highest BCUT2D eigenvalue weighted by Gasteiger charge is 2.73. The molecule has 0 aromatic carbocycles. The summed E-state index contributed by atoms with van der Waals surface area (Å²) in [7, 11) is 0. The maximum atomic E-state index is 13.1. The average molecular weight is 753 g/mol. The molecule has 9 nitrogen and oxygen atoms in total. The highest BCUT2D eigenvalue weighted by molar-refractivity contribution is 5.70. The van der Waals surface area contributed by atoms with Crippen LogP contribution in [0.5, 0.6) is 0 Å². The van der Waals surface area contributed by atoms with Crippen LogP contribution in [0, 0.1) is 50.2 Å². The summed E-state index contributed by atoms with van der Waals surface area (Å²) in [5.41, 5.74) is -2.23. The lowest BCUT2D eigenvalue weighted by Gasteiger charge is -2.72. The molecule has 4 saturated carbocycles. The smallest absolute Gasteiger partial charge is 0.306 e. The molecule has 5 aliphatic rings. The summed E-state index contributed by atoms with van der Waals surface area (Å²) >= 11 is 0. The molecule has 3 N–H and O–H groups in total. The van der Waals surface area contributed by atoms with Crippen LogP contribution in [0.1, 0.15) is 125 Å². The molecule has 0 bridgehead atoms. The Labute approximate surface area is 323 Å². The molecule has 0 amide bonds. The van der Waals surface area contributed by atoms with Gasteiger partial charge in [0.2, 0.25) is 0 Å². The lowest BCUT2D eigenvalue weighted by Crippen LogP contribution is -2.72. The highest BCUT2D eigenvalue weighted by Crippen LogP contribution is 2.76. The highest BCUT2D eigenvalue weighted by atomic mass is 16.6. The van der Waals surface area contributed by atoms with Gasteiger partial charge in [-0.15, -0.1) is 19.7 Å². The van der Waals surface area contributed by atoms with E-state index in [1.54, 1.807) is 18.2 Å². The fourth-order valence-electron chi connectivity index (χ4n) is 12.5. The van der Waals surface area contributed by atoms with Gasteiger partial charge in [-0.3, -0.25) is 14.4 Å². The second-order valence-corrected chi connectivity index (χ2v) is 19.1. The van der Waals surface area contributed by atoms with Gasteiger partial charge in [0.05, 0.1) is 23.7 Å². The molecule has 0 aromatic heterocycles. The van der Waals surface area contributed by atoms with Crippen LogP contribution in [0.25, 0.3) is 0 Å². The van der Waals surface area contributed by atoms with Crippen LogP contribution >= 0.6 is 0 Å². The third-order valence-corrected chi connectivity index (χ3v) is 15.8. The number of hydrogen-bond acceptors (Lipinski definition) is 9. The number of aliphatic hydroxyl groups excluding tert-OH is 3. The van der Waals surface area contributed by atoms with Crippen molar-refractivity contribution < 1.29 is 43.9 Å². The van der Waals surface area contributed by atoms with Crippen molar-refractivity contribution in [2.24, 2.45) is 50.2 Å². The topological polar surface area (TPSA) is 140 Å². The van der Waals surface area contributed by atoms with Gasteiger partial charge in [-0.1, -0.05) is 71.4 Å². The number of carbonyl (C=O) groups is 3. The van der Waals surface area contributed by atoms with Gasteiger partial charge in [-0.25, -0.2) is 0 Å². The number of fused-ring (bicyclic) bond motifs is 7. The number of allylic oxidation sites excluding steroid dienone is 5. The van der Waals surface area contributed by atoms with Crippen LogP contribution in [-0.2, 0) is 28.6 Å². The zero-order chi connectivity index (χ0) is 39.9. The SMILES string of the molecule is C=CCCC(=O)OC[C@@]12C(CC(C)(C)[C@@H](O)[C@@H]1O)C1=CCC3[C@@]4(C)CC[C@H](OC(=O)CCC=C)[C@](C)(COC(=O)CCC=C)C4CC[C@@]3(C)[C@]1(C)C[C@H]2O. The largest absolute Gasteiger partial charge is 0.465 e. The fraction of sp³-hybridized carbons (Fsp3) is 0.756. The molecule has 0 aliphatic heterocycles. The molecule has 5 rings (SSSR count). The minimum Gasteiger partial charge on any atom is -0.465 e. The van der Waals surface area contributed by atoms with E-state index in [1.807, 2.05) is 13.8 Å². The number of rotatable bonds is 14. The number of ether oxygens (including phenoxy) is 3. The van der Waals surface area contributed by atoms with Gasteiger partial charge in [0, 0.05) is 24.7 Å². The van der Waals surface area contributed by atoms with Gasteiger partial charge >= 0.3 is 17.9 Å². The number of esters is 3. The second kappa shape index (κ2) is 15.7. The first kappa shape index (κ1) is 42.4. The Bertz CT molecular complexity index is 1500. The van der Waals surface area contributed by atoms with E-state index >= 15 is 0 Å². The summed E-state index contributed by atoms with van der Waals surface area (Å²) in [4.78, 5) is 38.8. The van der Waals surface area contributed by atoms with E-state index in [0.29, 0.717) is 38.5 Å². The Hall–Kier alpha value is -2.75. The van der Waals surface area contributed by atoms with Gasteiger partial charge in [0.15, 0.2) is 0 Å². The summed E-state index contributed by atoms with van der Waals surface area (Å²) in [6.45, 7) is 24.3. The van der Waals surface area contributed by atoms with E-state index < -0.39 is 52.0 Å². The minimum absolute atomic E-state index is 0.0907. The van der Waals surface area contributed by atoms with Gasteiger partial charge in [-0.05, 0) is 104 Å². The number of hydrogen-bond donors (Lipinski definition) is 3. The first-order valence-electron chi connectivity index (χ1n) is 20.4. The lowest BCUT2D eigenvalue weighted by atomic mass is 9.33. The van der Waals surface area contributed by atoms with Gasteiger partial charge in [0.1, 0.15) is 19.3 Å². The van der Waals surface area contributed by atoms with Crippen molar-refractivity contribution in [1.29, 1.82) is 0 Å². The Morgan fingerprint density at radius 3 is 1.93 bits per heavy atom. The first-order valence-corrected chi connectivity index (χ1v) is 20.4. The minimum atomic E-state index is -1.29. The molecule has 0 aromatic rings. The van der Waals surface area contributed by atoms with Crippen molar-refractivity contribution in [3.05, 3.63) is 49.6 Å². The molecule has 5 aliphatic carbocycles. The molecule has 302 valence electrons. The van der Waals surface area contributed by atoms with Crippen molar-refractivity contribution >= 4 is 17.9 Å². The lowest BCUT2D eigenvalue weighted by molar-refractivity contribution is -0.262. The molecule has 0 heterocycles. The standard InChI is InChI=1S/C45H68O9/c1-10-13-16-35(47)52-27-42(7)31-21-24-43(8)32(41(31,6)23-22-34(42)54-37(49)18-15-12-3)20-19-29-30-25-40(4,5)38(50)39(51)45(30,33(46)26-44(29,43)9)28-53-36(48)17-14-11-2/h10-12,19,30-34,38-39,46,50-51H,1-3,13-18,20-28H2,4-9H3/t30?,31?,32?,33-,34+,38+,39+,41+,42-,43-,44-,45+/m1/s1. The van der Waals surface area contributed by atoms with Gasteiger partial charge in [-0.2, -0.15) is 0 Å². The molecule has 0 saturated heterocycles. The molecule has 4 fully saturated rings. The van der Waals surface area contributed by atoms with Gasteiger partial charge in [0.25, 0.3) is 0 Å². The Morgan fingerprint density at radius 2 is 1.33 bits per heavy atom. The van der Waals surface area contributed by atoms with Crippen molar-refractivity contribution in [2.75, 3.05) is 13.2 Å². The molecule has 12 atom stereocenters. The zero-order valence-electron chi connectivity index (χ0n) is 33.9. The second-order valence-electron chi connectivity index (χ2n) is 19.1. The summed E-state index contributed by atoms with van der Waals surface area (Å²) < 4.78 is 18.1. The van der Waals surface area contributed by atoms with Crippen molar-refractivity contribution in [1.82, 2.24) is 0 Å². The van der Waals surface area contributed by atoms with E-state index in [0.717, 1.165) is 25.7 Å². The summed E-state index contributed by atoms with van der Waals surface area (Å²) in [6, 6.07) is 0. The average Bonchev–Trinajstić information content (AvgIpc) is 3.11. The Morgan fingerprint density at radius 1 is 0.759 bits per heavy atom. The summed E-state index contributed by atoms with van der Waals surface area (Å²) in [5.74, 6) is -0.988. The summed E-state index contributed by atoms with van der Waals surface area (Å²) in [6.07, 6.45) is 10.6. The fourth-order valence-corrected chi connectivity index (χ4v) is 12.5. The summed E-state index contributed by atoms with van der Waals surface area (Å²) in [5, 5.41) is 35.9. The monoisotopic (exact) mass is 752 g/mol. The van der Waals surface area contributed by atoms with Crippen molar-refractivity contribution in [3.8, 4) is 0 Å². The first-order chi connectivity index (χ1) is 25.3. The molecule has 0 radical (unpaired) electrons. The quantitative estimate of drug-likeness (QED) is 0.0931. The van der Waals surface area contributed by atoms with Crippen LogP contribution in [0.4, 0.5) is 0 Å². The normalized spacial score (nSPS) is 42.0. The predicted molar refractivity (Wildman–Crippen MR) is 208 cm³/mol. The van der Waals surface area contributed by atoms with E-state index in [9.17, 15) is 29.7 Å². The van der Waals surface area contributed by atoms with Gasteiger partial charge < -0.3 is 29.5 Å². The van der Waals surface area contributed by atoms with E-state index in [1.165, 1.54) is 5.57 Å². The third kappa shape index (κ3) is 6.86. The maximum Gasteiger partial charge on any atom is 0.306 e. The van der Waals surface area contributed by atoms with Crippen LogP contribution in [0.15, 0.2) is 49.6 Å². The molecular formula is C45H68O9. The van der Waals surface area contributed by atoms with Crippen LogP contribution in [0.3, 0.4) is 0 Å². The van der Waals surface area contributed by atoms with E-state index in [4.69, 9.17) is 14.2 Å². The predicted octanol–water partition coefficient (Wildman–Crippen LogP) is 7.58. The molecular weight excluding hydrogens is 684 g/mol. The van der Waals surface area contributed by atoms with Crippen molar-refractivity contribution in [2.45, 2.75) is 149 Å². The van der Waals surface area contributed by atoms with Crippen LogP contribution in [-0.4, -0.2) is 70.9 Å². The number of carbonyl (C=O) groups excluding carboxylic acids is 3. The third-order valence-electron chi connectivity index (χ3n) is 15.8. The van der Waals surface area contributed by atoms with Crippen LogP contribution < -0.4 is 0 Å². The molecule has 0 spiro atoms. The Kier molecular flexibility index (Phi) is 12.3. The van der Waals surface area contributed by atoms with E-state index in [-0.39, 0.29) is 73.0 Å². The Balaban J connectivity index is 1.53. The van der Waals surface area contributed by atoms with E-state index in [2.05, 4.69) is 53.5 Å².